The van der Waals surface area contributed by atoms with Gasteiger partial charge in [-0.15, -0.1) is 0 Å². The van der Waals surface area contributed by atoms with Crippen LogP contribution >= 0.6 is 0 Å². The Morgan fingerprint density at radius 1 is 1.15 bits per heavy atom. The fourth-order valence-corrected chi connectivity index (χ4v) is 1.16. The van der Waals surface area contributed by atoms with E-state index in [9.17, 15) is 0 Å². The molecule has 0 saturated carbocycles. The molecule has 1 heterocycles. The fourth-order valence-electron chi connectivity index (χ4n) is 1.16. The topological polar surface area (TPSA) is 18.5 Å². The molecule has 0 atom stereocenters. The zero-order valence-electron chi connectivity index (χ0n) is 8.24. The van der Waals surface area contributed by atoms with E-state index >= 15 is 0 Å². The lowest BCUT2D eigenvalue weighted by molar-refractivity contribution is -0.175. The van der Waals surface area contributed by atoms with Crippen molar-refractivity contribution in [3.05, 3.63) is 24.3 Å². The minimum Gasteiger partial charge on any atom is -0.352 e. The molecule has 0 unspecified atom stereocenters. The van der Waals surface area contributed by atoms with E-state index in [0.717, 1.165) is 32.5 Å². The molecule has 2 heteroatoms. The van der Waals surface area contributed by atoms with E-state index in [2.05, 4.69) is 25.2 Å². The van der Waals surface area contributed by atoms with Crippen molar-refractivity contribution in [3.8, 4) is 0 Å². The van der Waals surface area contributed by atoms with Gasteiger partial charge < -0.3 is 9.47 Å². The molecule has 0 bridgehead atoms. The first-order valence-corrected chi connectivity index (χ1v) is 4.98. The number of hydrogen-bond acceptors (Lipinski definition) is 2. The molecule has 0 aromatic heterocycles. The Kier molecular flexibility index (Phi) is 5.54. The summed E-state index contributed by atoms with van der Waals surface area (Å²) in [5.41, 5.74) is 0. The van der Waals surface area contributed by atoms with Gasteiger partial charge >= 0.3 is 0 Å². The van der Waals surface area contributed by atoms with E-state index in [0.29, 0.717) is 0 Å². The molecule has 1 aliphatic rings. The second kappa shape index (κ2) is 6.87. The molecule has 0 N–H and O–H groups in total. The van der Waals surface area contributed by atoms with Gasteiger partial charge in [-0.25, -0.2) is 0 Å². The van der Waals surface area contributed by atoms with Crippen LogP contribution in [0.3, 0.4) is 0 Å². The first kappa shape index (κ1) is 10.5. The smallest absolute Gasteiger partial charge is 0.160 e. The quantitative estimate of drug-likeness (QED) is 0.622. The van der Waals surface area contributed by atoms with Crippen molar-refractivity contribution >= 4 is 0 Å². The molecule has 0 aliphatic carbocycles. The molecule has 1 fully saturated rings. The van der Waals surface area contributed by atoms with Gasteiger partial charge in [-0.2, -0.15) is 0 Å². The molecule has 74 valence electrons. The van der Waals surface area contributed by atoms with Gasteiger partial charge in [-0.3, -0.25) is 0 Å². The molecule has 1 aliphatic heterocycles. The van der Waals surface area contributed by atoms with Crippen LogP contribution < -0.4 is 0 Å². The highest BCUT2D eigenvalue weighted by atomic mass is 16.7. The Hall–Kier alpha value is -0.600. The standard InChI is InChI=1S/C11H18O2/c1-2-3-4-5-6-8-11-12-9-7-10-13-11/h3-6,11H,2,7-10H2,1H3. The van der Waals surface area contributed by atoms with Crippen LogP contribution in [0.5, 0.6) is 0 Å². The first-order valence-electron chi connectivity index (χ1n) is 4.98. The maximum atomic E-state index is 5.39. The van der Waals surface area contributed by atoms with Crippen molar-refractivity contribution in [2.75, 3.05) is 13.2 Å². The average molecular weight is 182 g/mol. The lowest BCUT2D eigenvalue weighted by Crippen LogP contribution is -2.23. The Labute approximate surface area is 80.2 Å². The van der Waals surface area contributed by atoms with Crippen LogP contribution in [-0.4, -0.2) is 19.5 Å². The molecule has 0 radical (unpaired) electrons. The monoisotopic (exact) mass is 182 g/mol. The molecule has 1 saturated heterocycles. The summed E-state index contributed by atoms with van der Waals surface area (Å²) < 4.78 is 10.8. The van der Waals surface area contributed by atoms with Gasteiger partial charge in [0.1, 0.15) is 0 Å². The summed E-state index contributed by atoms with van der Waals surface area (Å²) in [5, 5.41) is 0. The van der Waals surface area contributed by atoms with Crippen molar-refractivity contribution in [3.63, 3.8) is 0 Å². The van der Waals surface area contributed by atoms with E-state index in [4.69, 9.17) is 9.47 Å². The van der Waals surface area contributed by atoms with Gasteiger partial charge in [0.25, 0.3) is 0 Å². The van der Waals surface area contributed by atoms with E-state index < -0.39 is 0 Å². The first-order chi connectivity index (χ1) is 6.43. The summed E-state index contributed by atoms with van der Waals surface area (Å²) in [6.07, 6.45) is 11.3. The molecule has 0 spiro atoms. The molecule has 0 amide bonds. The summed E-state index contributed by atoms with van der Waals surface area (Å²) >= 11 is 0. The van der Waals surface area contributed by atoms with E-state index in [1.54, 1.807) is 0 Å². The molecule has 0 aromatic carbocycles. The van der Waals surface area contributed by atoms with Crippen LogP contribution in [0.2, 0.25) is 0 Å². The van der Waals surface area contributed by atoms with Crippen LogP contribution in [0.1, 0.15) is 26.2 Å². The van der Waals surface area contributed by atoms with Gasteiger partial charge in [0.2, 0.25) is 0 Å². The largest absolute Gasteiger partial charge is 0.352 e. The Morgan fingerprint density at radius 3 is 2.54 bits per heavy atom. The van der Waals surface area contributed by atoms with E-state index in [1.165, 1.54) is 0 Å². The number of hydrogen-bond donors (Lipinski definition) is 0. The molecule has 2 nitrogen and oxygen atoms in total. The van der Waals surface area contributed by atoms with Crippen molar-refractivity contribution in [2.45, 2.75) is 32.5 Å². The average Bonchev–Trinajstić information content (AvgIpc) is 2.19. The highest BCUT2D eigenvalue weighted by Gasteiger charge is 2.11. The van der Waals surface area contributed by atoms with Crippen molar-refractivity contribution in [1.82, 2.24) is 0 Å². The van der Waals surface area contributed by atoms with Crippen LogP contribution in [-0.2, 0) is 9.47 Å². The second-order valence-corrected chi connectivity index (χ2v) is 3.02. The third kappa shape index (κ3) is 4.86. The molecule has 0 aromatic rings. The minimum atomic E-state index is -0.0139. The van der Waals surface area contributed by atoms with Gasteiger partial charge in [-0.1, -0.05) is 31.2 Å². The number of allylic oxidation sites excluding steroid dienone is 3. The normalized spacial score (nSPS) is 20.4. The lowest BCUT2D eigenvalue weighted by atomic mass is 10.3. The fraction of sp³-hybridized carbons (Fsp3) is 0.636. The summed E-state index contributed by atoms with van der Waals surface area (Å²) in [4.78, 5) is 0. The third-order valence-corrected chi connectivity index (χ3v) is 1.84. The van der Waals surface area contributed by atoms with Gasteiger partial charge in [0.05, 0.1) is 13.2 Å². The molecular formula is C11H18O2. The van der Waals surface area contributed by atoms with Crippen LogP contribution in [0.15, 0.2) is 24.3 Å². The number of ether oxygens (including phenoxy) is 2. The van der Waals surface area contributed by atoms with Crippen molar-refractivity contribution in [2.24, 2.45) is 0 Å². The maximum Gasteiger partial charge on any atom is 0.160 e. The predicted molar refractivity (Wildman–Crippen MR) is 53.5 cm³/mol. The maximum absolute atomic E-state index is 5.39. The SMILES string of the molecule is CCC=CC=CCC1OCCCO1. The van der Waals surface area contributed by atoms with Crippen LogP contribution in [0, 0.1) is 0 Å². The van der Waals surface area contributed by atoms with E-state index in [-0.39, 0.29) is 6.29 Å². The summed E-state index contributed by atoms with van der Waals surface area (Å²) in [6.45, 7) is 3.80. The Bertz CT molecular complexity index is 167. The second-order valence-electron chi connectivity index (χ2n) is 3.02. The van der Waals surface area contributed by atoms with Crippen LogP contribution in [0.25, 0.3) is 0 Å². The highest BCUT2D eigenvalue weighted by Crippen LogP contribution is 2.08. The van der Waals surface area contributed by atoms with Crippen LogP contribution in [0.4, 0.5) is 0 Å². The minimum absolute atomic E-state index is 0.0139. The highest BCUT2D eigenvalue weighted by molar-refractivity contribution is 5.02. The van der Waals surface area contributed by atoms with Gasteiger partial charge in [0, 0.05) is 6.42 Å². The van der Waals surface area contributed by atoms with Gasteiger partial charge in [0.15, 0.2) is 6.29 Å². The summed E-state index contributed by atoms with van der Waals surface area (Å²) in [5.74, 6) is 0. The third-order valence-electron chi connectivity index (χ3n) is 1.84. The molecular weight excluding hydrogens is 164 g/mol. The zero-order valence-corrected chi connectivity index (χ0v) is 8.24. The Morgan fingerprint density at radius 2 is 1.85 bits per heavy atom. The van der Waals surface area contributed by atoms with Crippen molar-refractivity contribution in [1.29, 1.82) is 0 Å². The van der Waals surface area contributed by atoms with Crippen molar-refractivity contribution < 1.29 is 9.47 Å². The molecule has 13 heavy (non-hydrogen) atoms. The van der Waals surface area contributed by atoms with Gasteiger partial charge in [-0.05, 0) is 12.8 Å². The lowest BCUT2D eigenvalue weighted by Gasteiger charge is -2.21. The number of rotatable bonds is 4. The zero-order chi connectivity index (χ0) is 9.36. The summed E-state index contributed by atoms with van der Waals surface area (Å²) in [6, 6.07) is 0. The Balaban J connectivity index is 2.09. The van der Waals surface area contributed by atoms with E-state index in [1.807, 2.05) is 6.08 Å². The molecule has 1 rings (SSSR count). The summed E-state index contributed by atoms with van der Waals surface area (Å²) in [7, 11) is 0. The predicted octanol–water partition coefficient (Wildman–Crippen LogP) is 2.66.